The molecular weight excluding hydrogens is 484 g/mol. The van der Waals surface area contributed by atoms with Gasteiger partial charge in [-0.15, -0.1) is 0 Å². The summed E-state index contributed by atoms with van der Waals surface area (Å²) in [6.45, 7) is -0.415. The van der Waals surface area contributed by atoms with Crippen LogP contribution in [0, 0.1) is 0 Å². The number of ether oxygens (including phenoxy) is 1. The molecule has 5 aromatic rings. The van der Waals surface area contributed by atoms with E-state index < -0.39 is 18.5 Å². The molecule has 1 heterocycles. The van der Waals surface area contributed by atoms with E-state index in [-0.39, 0.29) is 0 Å². The van der Waals surface area contributed by atoms with Gasteiger partial charge in [0.1, 0.15) is 5.52 Å². The Labute approximate surface area is 197 Å². The van der Waals surface area contributed by atoms with Crippen LogP contribution in [0.25, 0.3) is 33.3 Å². The van der Waals surface area contributed by atoms with E-state index in [4.69, 9.17) is 9.15 Å². The van der Waals surface area contributed by atoms with Gasteiger partial charge >= 0.3 is 5.97 Å². The van der Waals surface area contributed by atoms with Crippen LogP contribution in [0.5, 0.6) is 0 Å². The Hall–Kier alpha value is -3.97. The number of oxazole rings is 1. The second kappa shape index (κ2) is 8.88. The molecule has 7 heteroatoms. The molecule has 162 valence electrons. The van der Waals surface area contributed by atoms with Crippen LogP contribution >= 0.6 is 15.9 Å². The molecule has 0 atom stereocenters. The van der Waals surface area contributed by atoms with E-state index in [2.05, 4.69) is 26.2 Å². The van der Waals surface area contributed by atoms with Gasteiger partial charge in [-0.25, -0.2) is 9.78 Å². The molecule has 0 saturated carbocycles. The van der Waals surface area contributed by atoms with Crippen molar-refractivity contribution in [3.8, 4) is 11.5 Å². The van der Waals surface area contributed by atoms with Gasteiger partial charge in [-0.3, -0.25) is 4.79 Å². The minimum Gasteiger partial charge on any atom is -0.452 e. The summed E-state index contributed by atoms with van der Waals surface area (Å²) in [5.41, 5.74) is 3.00. The van der Waals surface area contributed by atoms with Crippen molar-refractivity contribution >= 4 is 55.4 Å². The molecule has 1 N–H and O–H groups in total. The van der Waals surface area contributed by atoms with Gasteiger partial charge in [-0.1, -0.05) is 48.5 Å². The number of esters is 1. The lowest BCUT2D eigenvalue weighted by Crippen LogP contribution is -2.21. The van der Waals surface area contributed by atoms with Gasteiger partial charge in [0, 0.05) is 15.4 Å². The standard InChI is InChI=1S/C26H17BrN2O4/c27-19-11-1-2-12-20(19)28-23(30)15-32-26(31)18-10-6-8-16-7-5-9-17(24(16)18)25-29-21-13-3-4-14-22(21)33-25/h1-14H,15H2,(H,28,30). The van der Waals surface area contributed by atoms with Crippen molar-refractivity contribution in [2.75, 3.05) is 11.9 Å². The van der Waals surface area contributed by atoms with Crippen LogP contribution in [0.15, 0.2) is 93.8 Å². The third-order valence-electron chi connectivity index (χ3n) is 5.13. The summed E-state index contributed by atoms with van der Waals surface area (Å²) in [6, 6.07) is 25.7. The number of anilines is 1. The molecule has 1 amide bonds. The number of benzene rings is 4. The number of hydrogen-bond donors (Lipinski definition) is 1. The van der Waals surface area contributed by atoms with Crippen LogP contribution in [0.4, 0.5) is 5.69 Å². The lowest BCUT2D eigenvalue weighted by molar-refractivity contribution is -0.119. The zero-order chi connectivity index (χ0) is 22.8. The summed E-state index contributed by atoms with van der Waals surface area (Å²) in [5.74, 6) is -0.630. The first-order valence-electron chi connectivity index (χ1n) is 10.2. The number of rotatable bonds is 5. The summed E-state index contributed by atoms with van der Waals surface area (Å²) < 4.78 is 12.0. The number of fused-ring (bicyclic) bond motifs is 2. The SMILES string of the molecule is O=C(COC(=O)c1cccc2cccc(-c3nc4ccccc4o3)c12)Nc1ccccc1Br. The number of carbonyl (C=O) groups is 2. The highest BCUT2D eigenvalue weighted by Gasteiger charge is 2.19. The summed E-state index contributed by atoms with van der Waals surface area (Å²) in [7, 11) is 0. The molecule has 0 radical (unpaired) electrons. The number of carbonyl (C=O) groups excluding carboxylic acids is 2. The minimum atomic E-state index is -0.605. The van der Waals surface area contributed by atoms with E-state index in [1.54, 1.807) is 24.3 Å². The quantitative estimate of drug-likeness (QED) is 0.290. The van der Waals surface area contributed by atoms with Crippen molar-refractivity contribution in [2.45, 2.75) is 0 Å². The maximum Gasteiger partial charge on any atom is 0.339 e. The third-order valence-corrected chi connectivity index (χ3v) is 5.82. The molecule has 0 bridgehead atoms. The predicted octanol–water partition coefficient (Wildman–Crippen LogP) is 6.21. The molecule has 1 aromatic heterocycles. The van der Waals surface area contributed by atoms with Crippen LogP contribution in [0.3, 0.4) is 0 Å². The van der Waals surface area contributed by atoms with Crippen LogP contribution in [-0.4, -0.2) is 23.5 Å². The van der Waals surface area contributed by atoms with Crippen molar-refractivity contribution in [1.29, 1.82) is 0 Å². The minimum absolute atomic E-state index is 0.332. The van der Waals surface area contributed by atoms with Gasteiger partial charge in [0.25, 0.3) is 5.91 Å². The maximum absolute atomic E-state index is 13.0. The Balaban J connectivity index is 1.44. The summed E-state index contributed by atoms with van der Waals surface area (Å²) in [4.78, 5) is 29.9. The van der Waals surface area contributed by atoms with E-state index in [0.717, 1.165) is 15.4 Å². The maximum atomic E-state index is 13.0. The zero-order valence-corrected chi connectivity index (χ0v) is 18.8. The first-order valence-corrected chi connectivity index (χ1v) is 11.0. The summed E-state index contributed by atoms with van der Waals surface area (Å²) in [6.07, 6.45) is 0. The van der Waals surface area contributed by atoms with Gasteiger partial charge in [0.05, 0.1) is 11.3 Å². The Morgan fingerprint density at radius 3 is 2.48 bits per heavy atom. The summed E-state index contributed by atoms with van der Waals surface area (Å²) in [5, 5.41) is 4.21. The second-order valence-corrected chi connectivity index (χ2v) is 8.15. The average molecular weight is 501 g/mol. The number of aromatic nitrogens is 1. The summed E-state index contributed by atoms with van der Waals surface area (Å²) >= 11 is 3.37. The van der Waals surface area contributed by atoms with Crippen LogP contribution in [0.1, 0.15) is 10.4 Å². The van der Waals surface area contributed by atoms with Gasteiger partial charge in [-0.05, 0) is 57.7 Å². The highest BCUT2D eigenvalue weighted by molar-refractivity contribution is 9.10. The predicted molar refractivity (Wildman–Crippen MR) is 130 cm³/mol. The fourth-order valence-corrected chi connectivity index (χ4v) is 4.02. The number of halogens is 1. The normalized spacial score (nSPS) is 10.9. The fraction of sp³-hybridized carbons (Fsp3) is 0.0385. The Morgan fingerprint density at radius 1 is 0.909 bits per heavy atom. The van der Waals surface area contributed by atoms with E-state index in [1.807, 2.05) is 60.7 Å². The van der Waals surface area contributed by atoms with E-state index in [0.29, 0.717) is 33.7 Å². The van der Waals surface area contributed by atoms with Gasteiger partial charge in [0.2, 0.25) is 5.89 Å². The van der Waals surface area contributed by atoms with Gasteiger partial charge in [-0.2, -0.15) is 0 Å². The average Bonchev–Trinajstić information content (AvgIpc) is 3.27. The molecule has 0 unspecified atom stereocenters. The number of nitrogens with one attached hydrogen (secondary N) is 1. The van der Waals surface area contributed by atoms with Gasteiger partial charge in [0.15, 0.2) is 12.2 Å². The Bertz CT molecular complexity index is 1470. The van der Waals surface area contributed by atoms with Crippen molar-refractivity contribution < 1.29 is 18.7 Å². The number of para-hydroxylation sites is 3. The highest BCUT2D eigenvalue weighted by atomic mass is 79.9. The topological polar surface area (TPSA) is 81.4 Å². The van der Waals surface area contributed by atoms with Gasteiger partial charge < -0.3 is 14.5 Å². The van der Waals surface area contributed by atoms with Crippen LogP contribution < -0.4 is 5.32 Å². The van der Waals surface area contributed by atoms with Crippen LogP contribution in [0.2, 0.25) is 0 Å². The fourth-order valence-electron chi connectivity index (χ4n) is 3.63. The van der Waals surface area contributed by atoms with Crippen molar-refractivity contribution in [3.05, 3.63) is 95.0 Å². The first kappa shape index (κ1) is 20.9. The van der Waals surface area contributed by atoms with Crippen molar-refractivity contribution in [3.63, 3.8) is 0 Å². The largest absolute Gasteiger partial charge is 0.452 e. The lowest BCUT2D eigenvalue weighted by atomic mass is 9.99. The Morgan fingerprint density at radius 2 is 1.67 bits per heavy atom. The first-order chi connectivity index (χ1) is 16.1. The number of hydrogen-bond acceptors (Lipinski definition) is 5. The van der Waals surface area contributed by atoms with Crippen molar-refractivity contribution in [2.24, 2.45) is 0 Å². The van der Waals surface area contributed by atoms with E-state index in [9.17, 15) is 9.59 Å². The monoisotopic (exact) mass is 500 g/mol. The number of nitrogens with zero attached hydrogens (tertiary/aromatic N) is 1. The lowest BCUT2D eigenvalue weighted by Gasteiger charge is -2.11. The molecular formula is C26H17BrN2O4. The van der Waals surface area contributed by atoms with E-state index >= 15 is 0 Å². The molecule has 0 aliphatic rings. The highest BCUT2D eigenvalue weighted by Crippen LogP contribution is 2.33. The molecule has 0 spiro atoms. The molecule has 0 fully saturated rings. The van der Waals surface area contributed by atoms with Crippen molar-refractivity contribution in [1.82, 2.24) is 4.98 Å². The molecule has 0 saturated heterocycles. The number of amides is 1. The molecule has 6 nitrogen and oxygen atoms in total. The Kier molecular flexibility index (Phi) is 5.62. The second-order valence-electron chi connectivity index (χ2n) is 7.30. The third kappa shape index (κ3) is 4.23. The van der Waals surface area contributed by atoms with E-state index in [1.165, 1.54) is 0 Å². The molecule has 5 rings (SSSR count). The smallest absolute Gasteiger partial charge is 0.339 e. The molecule has 33 heavy (non-hydrogen) atoms. The van der Waals surface area contributed by atoms with Crippen LogP contribution in [-0.2, 0) is 9.53 Å². The molecule has 0 aliphatic heterocycles. The molecule has 4 aromatic carbocycles. The zero-order valence-electron chi connectivity index (χ0n) is 17.2. The molecule has 0 aliphatic carbocycles.